The quantitative estimate of drug-likeness (QED) is 0.556. The molecule has 2 aromatic rings. The molecule has 2 rings (SSSR count). The number of hydrogen-bond acceptors (Lipinski definition) is 1. The summed E-state index contributed by atoms with van der Waals surface area (Å²) in [7, 11) is 0. The number of hydrogen-bond donors (Lipinski definition) is 0. The van der Waals surface area contributed by atoms with Crippen LogP contribution in [0.15, 0.2) is 66.2 Å². The maximum Gasteiger partial charge on any atom is 0.119 e. The van der Waals surface area contributed by atoms with E-state index in [0.29, 0.717) is 12.5 Å². The van der Waals surface area contributed by atoms with Crippen LogP contribution in [0.3, 0.4) is 0 Å². The zero-order chi connectivity index (χ0) is 17.6. The molecule has 0 spiro atoms. The first-order valence-corrected chi connectivity index (χ1v) is 8.79. The van der Waals surface area contributed by atoms with E-state index in [1.165, 1.54) is 16.7 Å². The number of benzene rings is 2. The largest absolute Gasteiger partial charge is 0.489 e. The lowest BCUT2D eigenvalue weighted by Gasteiger charge is -2.21. The van der Waals surface area contributed by atoms with Crippen LogP contribution in [-0.4, -0.2) is 0 Å². The Hall–Kier alpha value is -2.02. The zero-order valence-corrected chi connectivity index (χ0v) is 15.7. The summed E-state index contributed by atoms with van der Waals surface area (Å²) in [5.41, 5.74) is 4.26. The van der Waals surface area contributed by atoms with Crippen molar-refractivity contribution in [1.29, 1.82) is 0 Å². The Labute approximate surface area is 147 Å². The average molecular weight is 322 g/mol. The topological polar surface area (TPSA) is 9.23 Å². The van der Waals surface area contributed by atoms with E-state index in [0.717, 1.165) is 12.2 Å². The van der Waals surface area contributed by atoms with Crippen LogP contribution in [0.5, 0.6) is 5.75 Å². The summed E-state index contributed by atoms with van der Waals surface area (Å²) in [5.74, 6) is 1.47. The second-order valence-electron chi connectivity index (χ2n) is 7.70. The van der Waals surface area contributed by atoms with Crippen LogP contribution in [0.2, 0.25) is 0 Å². The number of ether oxygens (including phenoxy) is 1. The van der Waals surface area contributed by atoms with Crippen LogP contribution in [0.1, 0.15) is 45.7 Å². The van der Waals surface area contributed by atoms with Crippen molar-refractivity contribution in [2.75, 3.05) is 0 Å². The Morgan fingerprint density at radius 2 is 1.58 bits per heavy atom. The standard InChI is InChI=1S/C23H30O/c1-18(15-19(2)23(3,4)5)16-20-11-13-22(14-12-20)24-17-21-9-7-6-8-10-21/h6-15,18H,16-17H2,1-5H3/b19-15-/t18-/m1/s1. The highest BCUT2D eigenvalue weighted by Crippen LogP contribution is 2.26. The molecule has 0 saturated carbocycles. The molecule has 0 fully saturated rings. The molecule has 0 unspecified atom stereocenters. The highest BCUT2D eigenvalue weighted by atomic mass is 16.5. The van der Waals surface area contributed by atoms with Crippen molar-refractivity contribution >= 4 is 0 Å². The van der Waals surface area contributed by atoms with Crippen LogP contribution >= 0.6 is 0 Å². The van der Waals surface area contributed by atoms with Gasteiger partial charge < -0.3 is 4.74 Å². The Balaban J connectivity index is 1.90. The van der Waals surface area contributed by atoms with Gasteiger partial charge in [-0.25, -0.2) is 0 Å². The van der Waals surface area contributed by atoms with E-state index >= 15 is 0 Å². The smallest absolute Gasteiger partial charge is 0.119 e. The van der Waals surface area contributed by atoms with Gasteiger partial charge in [0.05, 0.1) is 0 Å². The van der Waals surface area contributed by atoms with Gasteiger partial charge in [-0.2, -0.15) is 0 Å². The maximum atomic E-state index is 5.85. The highest BCUT2D eigenvalue weighted by Gasteiger charge is 2.13. The zero-order valence-electron chi connectivity index (χ0n) is 15.7. The lowest BCUT2D eigenvalue weighted by Crippen LogP contribution is -2.08. The maximum absolute atomic E-state index is 5.85. The van der Waals surface area contributed by atoms with Gasteiger partial charge in [-0.1, -0.05) is 81.8 Å². The monoisotopic (exact) mass is 322 g/mol. The van der Waals surface area contributed by atoms with Crippen LogP contribution in [0.4, 0.5) is 0 Å². The van der Waals surface area contributed by atoms with Crippen LogP contribution < -0.4 is 4.74 Å². The second kappa shape index (κ2) is 8.19. The first kappa shape index (κ1) is 18.3. The van der Waals surface area contributed by atoms with Gasteiger partial charge in [0.15, 0.2) is 0 Å². The summed E-state index contributed by atoms with van der Waals surface area (Å²) in [6.45, 7) is 11.9. The van der Waals surface area contributed by atoms with Crippen molar-refractivity contribution < 1.29 is 4.74 Å². The van der Waals surface area contributed by atoms with Gasteiger partial charge in [0.25, 0.3) is 0 Å². The Morgan fingerprint density at radius 3 is 2.17 bits per heavy atom. The summed E-state index contributed by atoms with van der Waals surface area (Å²) in [5, 5.41) is 0. The Morgan fingerprint density at radius 1 is 0.958 bits per heavy atom. The second-order valence-corrected chi connectivity index (χ2v) is 7.70. The predicted octanol–water partition coefficient (Wildman–Crippen LogP) is 6.44. The molecule has 2 aromatic carbocycles. The molecule has 0 aliphatic carbocycles. The molecule has 0 N–H and O–H groups in total. The van der Waals surface area contributed by atoms with E-state index in [-0.39, 0.29) is 5.41 Å². The molecular weight excluding hydrogens is 292 g/mol. The third-order valence-corrected chi connectivity index (χ3v) is 4.45. The van der Waals surface area contributed by atoms with Crippen LogP contribution in [-0.2, 0) is 13.0 Å². The molecule has 0 heterocycles. The molecule has 0 aromatic heterocycles. The van der Waals surface area contributed by atoms with E-state index in [2.05, 4.69) is 77.1 Å². The van der Waals surface area contributed by atoms with E-state index < -0.39 is 0 Å². The van der Waals surface area contributed by atoms with Crippen LogP contribution in [0.25, 0.3) is 0 Å². The molecule has 0 bridgehead atoms. The minimum atomic E-state index is 0.253. The minimum Gasteiger partial charge on any atom is -0.489 e. The molecule has 1 atom stereocenters. The molecular formula is C23H30O. The van der Waals surface area contributed by atoms with Gasteiger partial charge in [-0.3, -0.25) is 0 Å². The number of allylic oxidation sites excluding steroid dienone is 2. The Kier molecular flexibility index (Phi) is 6.25. The van der Waals surface area contributed by atoms with E-state index in [1.807, 2.05) is 18.2 Å². The molecule has 0 aliphatic heterocycles. The van der Waals surface area contributed by atoms with Crippen molar-refractivity contribution in [2.24, 2.45) is 11.3 Å². The van der Waals surface area contributed by atoms with Crippen molar-refractivity contribution in [3.8, 4) is 5.75 Å². The molecule has 24 heavy (non-hydrogen) atoms. The molecule has 1 nitrogen and oxygen atoms in total. The molecule has 1 heteroatoms. The fraction of sp³-hybridized carbons (Fsp3) is 0.391. The summed E-state index contributed by atoms with van der Waals surface area (Å²) in [6.07, 6.45) is 3.46. The summed E-state index contributed by atoms with van der Waals surface area (Å²) >= 11 is 0. The first-order chi connectivity index (χ1) is 11.3. The van der Waals surface area contributed by atoms with Crippen molar-refractivity contribution in [1.82, 2.24) is 0 Å². The summed E-state index contributed by atoms with van der Waals surface area (Å²) in [4.78, 5) is 0. The minimum absolute atomic E-state index is 0.253. The predicted molar refractivity (Wildman–Crippen MR) is 103 cm³/mol. The Bertz CT molecular complexity index is 645. The normalized spacial score (nSPS) is 13.6. The van der Waals surface area contributed by atoms with Gasteiger partial charge in [0.1, 0.15) is 12.4 Å². The molecule has 0 saturated heterocycles. The lowest BCUT2D eigenvalue weighted by atomic mass is 9.85. The molecule has 128 valence electrons. The SMILES string of the molecule is C/C(=C/[C@@H](C)Cc1ccc(OCc2ccccc2)cc1)C(C)(C)C. The summed E-state index contributed by atoms with van der Waals surface area (Å²) < 4.78 is 5.85. The van der Waals surface area contributed by atoms with E-state index in [4.69, 9.17) is 4.74 Å². The van der Waals surface area contributed by atoms with Crippen LogP contribution in [0, 0.1) is 11.3 Å². The van der Waals surface area contributed by atoms with Crippen molar-refractivity contribution in [3.05, 3.63) is 77.4 Å². The number of rotatable bonds is 6. The highest BCUT2D eigenvalue weighted by molar-refractivity contribution is 5.28. The van der Waals surface area contributed by atoms with Gasteiger partial charge in [0.2, 0.25) is 0 Å². The third kappa shape index (κ3) is 5.88. The van der Waals surface area contributed by atoms with Crippen molar-refractivity contribution in [3.63, 3.8) is 0 Å². The van der Waals surface area contributed by atoms with Gasteiger partial charge >= 0.3 is 0 Å². The fourth-order valence-electron chi connectivity index (χ4n) is 2.57. The molecule has 0 amide bonds. The van der Waals surface area contributed by atoms with Gasteiger partial charge in [0, 0.05) is 0 Å². The van der Waals surface area contributed by atoms with E-state index in [1.54, 1.807) is 0 Å². The molecule has 0 radical (unpaired) electrons. The molecule has 0 aliphatic rings. The first-order valence-electron chi connectivity index (χ1n) is 8.79. The van der Waals surface area contributed by atoms with Gasteiger partial charge in [-0.15, -0.1) is 0 Å². The lowest BCUT2D eigenvalue weighted by molar-refractivity contribution is 0.306. The van der Waals surface area contributed by atoms with Gasteiger partial charge in [-0.05, 0) is 47.9 Å². The third-order valence-electron chi connectivity index (χ3n) is 4.45. The fourth-order valence-corrected chi connectivity index (χ4v) is 2.57. The summed E-state index contributed by atoms with van der Waals surface area (Å²) in [6, 6.07) is 18.8. The van der Waals surface area contributed by atoms with E-state index in [9.17, 15) is 0 Å². The van der Waals surface area contributed by atoms with Crippen molar-refractivity contribution in [2.45, 2.75) is 47.6 Å². The average Bonchev–Trinajstić information content (AvgIpc) is 2.54.